The van der Waals surface area contributed by atoms with Crippen molar-refractivity contribution in [3.63, 3.8) is 0 Å². The van der Waals surface area contributed by atoms with Gasteiger partial charge in [-0.05, 0) is 46.7 Å². The molecule has 0 radical (unpaired) electrons. The maximum atomic E-state index is 11.2. The SMILES string of the molecule is NC(=O)C1CC1c1ccc(NCc2ccc(-c3ccccc3)cc2)cc1. The van der Waals surface area contributed by atoms with E-state index in [1.165, 1.54) is 22.3 Å². The first-order valence-electron chi connectivity index (χ1n) is 8.98. The van der Waals surface area contributed by atoms with E-state index in [9.17, 15) is 4.79 Å². The van der Waals surface area contributed by atoms with Gasteiger partial charge >= 0.3 is 0 Å². The fourth-order valence-electron chi connectivity index (χ4n) is 3.38. The number of amides is 1. The molecule has 0 saturated heterocycles. The second-order valence-electron chi connectivity index (χ2n) is 6.89. The molecule has 2 atom stereocenters. The van der Waals surface area contributed by atoms with Crippen molar-refractivity contribution in [2.24, 2.45) is 11.7 Å². The van der Waals surface area contributed by atoms with E-state index in [4.69, 9.17) is 5.73 Å². The Hall–Kier alpha value is -3.07. The van der Waals surface area contributed by atoms with E-state index in [1.54, 1.807) is 0 Å². The average molecular weight is 342 g/mol. The minimum absolute atomic E-state index is 0.0249. The molecule has 1 amide bonds. The van der Waals surface area contributed by atoms with Crippen molar-refractivity contribution in [3.8, 4) is 11.1 Å². The summed E-state index contributed by atoms with van der Waals surface area (Å²) in [4.78, 5) is 11.2. The Morgan fingerprint density at radius 3 is 2.15 bits per heavy atom. The highest BCUT2D eigenvalue weighted by molar-refractivity contribution is 5.81. The van der Waals surface area contributed by atoms with E-state index in [-0.39, 0.29) is 11.8 Å². The van der Waals surface area contributed by atoms with Gasteiger partial charge in [0.05, 0.1) is 0 Å². The molecule has 3 aromatic rings. The van der Waals surface area contributed by atoms with Crippen LogP contribution < -0.4 is 11.1 Å². The number of hydrogen-bond donors (Lipinski definition) is 2. The first-order valence-corrected chi connectivity index (χ1v) is 8.98. The van der Waals surface area contributed by atoms with Crippen molar-refractivity contribution in [2.75, 3.05) is 5.32 Å². The summed E-state index contributed by atoms with van der Waals surface area (Å²) in [6.07, 6.45) is 0.885. The van der Waals surface area contributed by atoms with E-state index in [1.807, 2.05) is 6.07 Å². The van der Waals surface area contributed by atoms with E-state index >= 15 is 0 Å². The number of nitrogens with one attached hydrogen (secondary N) is 1. The molecular formula is C23H22N2O. The van der Waals surface area contributed by atoms with Crippen LogP contribution in [0.15, 0.2) is 78.9 Å². The Labute approximate surface area is 153 Å². The summed E-state index contributed by atoms with van der Waals surface area (Å²) in [5, 5.41) is 3.45. The van der Waals surface area contributed by atoms with Crippen molar-refractivity contribution in [2.45, 2.75) is 18.9 Å². The molecule has 3 nitrogen and oxygen atoms in total. The molecule has 1 fully saturated rings. The van der Waals surface area contributed by atoms with Crippen LogP contribution in [0.25, 0.3) is 11.1 Å². The first kappa shape index (κ1) is 16.4. The lowest BCUT2D eigenvalue weighted by Crippen LogP contribution is -2.13. The van der Waals surface area contributed by atoms with Crippen LogP contribution in [0.1, 0.15) is 23.5 Å². The molecule has 1 saturated carbocycles. The van der Waals surface area contributed by atoms with Gasteiger partial charge in [0.15, 0.2) is 0 Å². The predicted octanol–water partition coefficient (Wildman–Crippen LogP) is 4.55. The second kappa shape index (κ2) is 7.04. The van der Waals surface area contributed by atoms with Crippen molar-refractivity contribution in [3.05, 3.63) is 90.0 Å². The lowest BCUT2D eigenvalue weighted by molar-refractivity contribution is -0.119. The number of carbonyl (C=O) groups is 1. The zero-order valence-corrected chi connectivity index (χ0v) is 14.6. The fraction of sp³-hybridized carbons (Fsp3) is 0.174. The zero-order chi connectivity index (χ0) is 17.9. The summed E-state index contributed by atoms with van der Waals surface area (Å²) >= 11 is 0. The van der Waals surface area contributed by atoms with Crippen LogP contribution in [0.4, 0.5) is 5.69 Å². The van der Waals surface area contributed by atoms with Crippen LogP contribution >= 0.6 is 0 Å². The Balaban J connectivity index is 1.35. The first-order chi connectivity index (χ1) is 12.7. The van der Waals surface area contributed by atoms with Crippen LogP contribution in [0.5, 0.6) is 0 Å². The Bertz CT molecular complexity index is 886. The molecule has 0 bridgehead atoms. The smallest absolute Gasteiger partial charge is 0.221 e. The number of hydrogen-bond acceptors (Lipinski definition) is 2. The second-order valence-corrected chi connectivity index (χ2v) is 6.89. The quantitative estimate of drug-likeness (QED) is 0.690. The van der Waals surface area contributed by atoms with Crippen molar-refractivity contribution in [1.82, 2.24) is 0 Å². The van der Waals surface area contributed by atoms with E-state index in [2.05, 4.69) is 78.1 Å². The number of benzene rings is 3. The van der Waals surface area contributed by atoms with Crippen molar-refractivity contribution in [1.29, 1.82) is 0 Å². The maximum absolute atomic E-state index is 11.2. The Kier molecular flexibility index (Phi) is 4.44. The molecule has 130 valence electrons. The van der Waals surface area contributed by atoms with E-state index in [0.717, 1.165) is 18.7 Å². The third-order valence-corrected chi connectivity index (χ3v) is 5.05. The number of carbonyl (C=O) groups excluding carboxylic acids is 1. The van der Waals surface area contributed by atoms with Gasteiger partial charge < -0.3 is 11.1 Å². The molecule has 1 aliphatic carbocycles. The Morgan fingerprint density at radius 1 is 0.885 bits per heavy atom. The van der Waals surface area contributed by atoms with Crippen LogP contribution in [-0.4, -0.2) is 5.91 Å². The highest BCUT2D eigenvalue weighted by Gasteiger charge is 2.42. The molecule has 4 rings (SSSR count). The largest absolute Gasteiger partial charge is 0.381 e. The molecule has 1 aliphatic rings. The summed E-state index contributed by atoms with van der Waals surface area (Å²) in [7, 11) is 0. The van der Waals surface area contributed by atoms with Gasteiger partial charge in [0.1, 0.15) is 0 Å². The van der Waals surface area contributed by atoms with Gasteiger partial charge in [-0.25, -0.2) is 0 Å². The van der Waals surface area contributed by atoms with Gasteiger partial charge in [0.2, 0.25) is 5.91 Å². The molecular weight excluding hydrogens is 320 g/mol. The third kappa shape index (κ3) is 3.62. The summed E-state index contributed by atoms with van der Waals surface area (Å²) in [5.41, 5.74) is 11.3. The number of anilines is 1. The highest BCUT2D eigenvalue weighted by Crippen LogP contribution is 2.47. The van der Waals surface area contributed by atoms with Crippen LogP contribution in [-0.2, 0) is 11.3 Å². The monoisotopic (exact) mass is 342 g/mol. The van der Waals surface area contributed by atoms with Crippen LogP contribution in [0.3, 0.4) is 0 Å². The highest BCUT2D eigenvalue weighted by atomic mass is 16.1. The minimum atomic E-state index is -0.184. The summed E-state index contributed by atoms with van der Waals surface area (Å²) in [5.74, 6) is 0.153. The molecule has 3 aromatic carbocycles. The summed E-state index contributed by atoms with van der Waals surface area (Å²) in [6, 6.07) is 27.4. The maximum Gasteiger partial charge on any atom is 0.221 e. The molecule has 0 spiro atoms. The zero-order valence-electron chi connectivity index (χ0n) is 14.6. The lowest BCUT2D eigenvalue weighted by atomic mass is 10.0. The summed E-state index contributed by atoms with van der Waals surface area (Å²) < 4.78 is 0. The Morgan fingerprint density at radius 2 is 1.54 bits per heavy atom. The van der Waals surface area contributed by atoms with Gasteiger partial charge in [-0.15, -0.1) is 0 Å². The van der Waals surface area contributed by atoms with Crippen LogP contribution in [0.2, 0.25) is 0 Å². The van der Waals surface area contributed by atoms with E-state index in [0.29, 0.717) is 5.92 Å². The standard InChI is InChI=1S/C23H22N2O/c24-23(26)22-14-21(22)19-10-12-20(13-11-19)25-15-16-6-8-18(9-7-16)17-4-2-1-3-5-17/h1-13,21-22,25H,14-15H2,(H2,24,26). The van der Waals surface area contributed by atoms with Gasteiger partial charge in [-0.2, -0.15) is 0 Å². The molecule has 26 heavy (non-hydrogen) atoms. The number of primary amides is 1. The number of rotatable bonds is 6. The summed E-state index contributed by atoms with van der Waals surface area (Å²) in [6.45, 7) is 0.780. The average Bonchev–Trinajstić information content (AvgIpc) is 3.49. The minimum Gasteiger partial charge on any atom is -0.381 e. The normalized spacial score (nSPS) is 18.3. The number of nitrogens with two attached hydrogens (primary N) is 1. The predicted molar refractivity (Wildman–Crippen MR) is 106 cm³/mol. The van der Waals surface area contributed by atoms with Crippen molar-refractivity contribution < 1.29 is 4.79 Å². The molecule has 0 aliphatic heterocycles. The van der Waals surface area contributed by atoms with Crippen LogP contribution in [0, 0.1) is 5.92 Å². The van der Waals surface area contributed by atoms with Gasteiger partial charge in [-0.1, -0.05) is 66.7 Å². The molecule has 0 aromatic heterocycles. The van der Waals surface area contributed by atoms with Gasteiger partial charge in [0, 0.05) is 18.2 Å². The van der Waals surface area contributed by atoms with Gasteiger partial charge in [-0.3, -0.25) is 4.79 Å². The molecule has 0 heterocycles. The molecule has 3 heteroatoms. The molecule has 2 unspecified atom stereocenters. The topological polar surface area (TPSA) is 55.1 Å². The fourth-order valence-corrected chi connectivity index (χ4v) is 3.38. The van der Waals surface area contributed by atoms with Crippen molar-refractivity contribution >= 4 is 11.6 Å². The van der Waals surface area contributed by atoms with E-state index < -0.39 is 0 Å². The molecule has 3 N–H and O–H groups in total. The third-order valence-electron chi connectivity index (χ3n) is 5.05. The van der Waals surface area contributed by atoms with Gasteiger partial charge in [0.25, 0.3) is 0 Å². The lowest BCUT2D eigenvalue weighted by Gasteiger charge is -2.09.